The highest BCUT2D eigenvalue weighted by Gasteiger charge is 2.35. The highest BCUT2D eigenvalue weighted by molar-refractivity contribution is 8.07. The van der Waals surface area contributed by atoms with E-state index in [0.29, 0.717) is 52.1 Å². The summed E-state index contributed by atoms with van der Waals surface area (Å²) >= 11 is 7.33. The summed E-state index contributed by atoms with van der Waals surface area (Å²) in [5, 5.41) is 30.0. The number of nitrogens with zero attached hydrogens (tertiary/aromatic N) is 9. The Labute approximate surface area is 519 Å². The summed E-state index contributed by atoms with van der Waals surface area (Å²) in [6, 6.07) is 41.6. The molecular weight excluding hydrogens is 1170 g/mol. The van der Waals surface area contributed by atoms with Crippen molar-refractivity contribution in [1.29, 1.82) is 0 Å². The number of carboxylic acid groups (broad SMARTS) is 1. The lowest BCUT2D eigenvalue weighted by molar-refractivity contribution is -0.138. The number of ketones is 2. The fourth-order valence-electron chi connectivity index (χ4n) is 10.2. The number of likely N-dealkylation sites (tertiary alicyclic amines) is 1. The molecule has 0 aliphatic carbocycles. The minimum atomic E-state index is -1.01. The Morgan fingerprint density at radius 2 is 1.08 bits per heavy atom. The molecule has 2 atom stereocenters. The molecule has 0 saturated carbocycles. The van der Waals surface area contributed by atoms with E-state index in [4.69, 9.17) is 5.11 Å². The number of Topliss-reactive ketones (excluding diaryl/α,β-unsaturated/α-hetero) is 2. The number of halogens is 1. The fraction of sp³-hybridized carbons (Fsp3) is 0.238. The average molecular weight is 1230 g/mol. The summed E-state index contributed by atoms with van der Waals surface area (Å²) in [7, 11) is 0. The van der Waals surface area contributed by atoms with E-state index in [9.17, 15) is 28.8 Å². The van der Waals surface area contributed by atoms with Gasteiger partial charge in [0, 0.05) is 88.1 Å². The molecule has 0 radical (unpaired) electrons. The molecule has 2 fully saturated rings. The van der Waals surface area contributed by atoms with Gasteiger partial charge in [-0.25, -0.2) is 9.97 Å². The lowest BCUT2D eigenvalue weighted by Gasteiger charge is -2.24. The van der Waals surface area contributed by atoms with E-state index in [1.54, 1.807) is 40.2 Å². The zero-order valence-electron chi connectivity index (χ0n) is 46.8. The number of carbonyl (C=O) groups is 6. The molecule has 0 unspecified atom stereocenters. The predicted octanol–water partition coefficient (Wildman–Crippen LogP) is 10.6. The number of nitrogens with one attached hydrogen (secondary N) is 3. The Morgan fingerprint density at radius 3 is 1.55 bits per heavy atom. The fourth-order valence-corrected chi connectivity index (χ4v) is 10.2. The van der Waals surface area contributed by atoms with Crippen LogP contribution in [0.15, 0.2) is 146 Å². The lowest BCUT2D eigenvalue weighted by atomic mass is 10.0. The number of fused-ring (bicyclic) bond motifs is 4. The maximum Gasteiger partial charge on any atom is 0.325 e. The molecular formula is C63H65ClN12O7S3. The normalized spacial score (nSPS) is 13.9. The number of hydrogen-bond acceptors (Lipinski definition) is 15. The summed E-state index contributed by atoms with van der Waals surface area (Å²) in [4.78, 5) is 92.7. The van der Waals surface area contributed by atoms with Crippen molar-refractivity contribution in [2.24, 2.45) is 0 Å². The van der Waals surface area contributed by atoms with Gasteiger partial charge >= 0.3 is 5.97 Å². The molecule has 12 rings (SSSR count). The average Bonchev–Trinajstić information content (AvgIpc) is 2.85. The number of aliphatic carboxylic acids is 1. The van der Waals surface area contributed by atoms with Crippen LogP contribution in [0.5, 0.6) is 0 Å². The highest BCUT2D eigenvalue weighted by atomic mass is 35.5. The molecule has 19 nitrogen and oxygen atoms in total. The Bertz CT molecular complexity index is 4120. The SMILES string of the molecule is C.CC(=O)c1nn(CC(=O)N2CCC[C@H]2C(=O)Nc2cccc(C)n2)c2ccc(-c3ccc4cccnc4c3)cc12.CC(=O)c1nn(CC(=O)O)c2ccc(-c3ccc4cccnc4c3)cc12.Cc1cccc(NC(=O)[C@@H]2CCCN2)n1.Cl.S.S=S. The molecule has 86 heavy (non-hydrogen) atoms. The molecule has 444 valence electrons. The van der Waals surface area contributed by atoms with Crippen LogP contribution in [0.1, 0.15) is 79.3 Å². The van der Waals surface area contributed by atoms with E-state index in [0.717, 1.165) is 81.3 Å². The van der Waals surface area contributed by atoms with Gasteiger partial charge in [-0.2, -0.15) is 23.7 Å². The Balaban J connectivity index is 0.000000221. The minimum Gasteiger partial charge on any atom is -0.480 e. The number of aromatic nitrogens is 8. The van der Waals surface area contributed by atoms with E-state index < -0.39 is 12.0 Å². The quantitative estimate of drug-likeness (QED) is 0.0830. The van der Waals surface area contributed by atoms with Gasteiger partial charge in [-0.05, 0) is 141 Å². The van der Waals surface area contributed by atoms with Gasteiger partial charge in [0.15, 0.2) is 11.6 Å². The summed E-state index contributed by atoms with van der Waals surface area (Å²) < 4.78 is 2.91. The third kappa shape index (κ3) is 15.7. The first-order chi connectivity index (χ1) is 40.1. The number of carboxylic acids is 1. The van der Waals surface area contributed by atoms with Gasteiger partial charge in [0.25, 0.3) is 0 Å². The first kappa shape index (κ1) is 66.3. The predicted molar refractivity (Wildman–Crippen MR) is 349 cm³/mol. The van der Waals surface area contributed by atoms with Gasteiger partial charge in [-0.15, -0.1) is 12.4 Å². The third-order valence-electron chi connectivity index (χ3n) is 14.1. The second-order valence-corrected chi connectivity index (χ2v) is 20.0. The Hall–Kier alpha value is -8.80. The van der Waals surface area contributed by atoms with Crippen LogP contribution in [0.4, 0.5) is 11.6 Å². The highest BCUT2D eigenvalue weighted by Crippen LogP contribution is 2.31. The number of amides is 3. The van der Waals surface area contributed by atoms with Crippen molar-refractivity contribution in [1.82, 2.24) is 49.7 Å². The number of rotatable bonds is 12. The molecule has 0 spiro atoms. The number of benzene rings is 4. The minimum absolute atomic E-state index is 0. The molecule has 8 heterocycles. The second kappa shape index (κ2) is 30.3. The van der Waals surface area contributed by atoms with Gasteiger partial charge in [0.05, 0.1) is 28.1 Å². The number of anilines is 2. The Morgan fingerprint density at radius 1 is 0.605 bits per heavy atom. The molecule has 10 aromatic rings. The van der Waals surface area contributed by atoms with Crippen molar-refractivity contribution in [2.45, 2.75) is 86.0 Å². The van der Waals surface area contributed by atoms with Crippen LogP contribution in [-0.4, -0.2) is 110 Å². The van der Waals surface area contributed by atoms with Crippen molar-refractivity contribution < 1.29 is 33.9 Å². The van der Waals surface area contributed by atoms with Crippen LogP contribution in [0.25, 0.3) is 65.9 Å². The Kier molecular flexibility index (Phi) is 23.4. The van der Waals surface area contributed by atoms with Crippen molar-refractivity contribution >= 4 is 139 Å². The zero-order valence-corrected chi connectivity index (χ0v) is 50.3. The lowest BCUT2D eigenvalue weighted by Crippen LogP contribution is -2.44. The number of hydrogen-bond donors (Lipinski definition) is 4. The van der Waals surface area contributed by atoms with E-state index in [-0.39, 0.29) is 87.4 Å². The maximum atomic E-state index is 13.4. The van der Waals surface area contributed by atoms with Gasteiger partial charge in [-0.3, -0.25) is 48.1 Å². The second-order valence-electron chi connectivity index (χ2n) is 20.0. The van der Waals surface area contributed by atoms with Gasteiger partial charge < -0.3 is 26.0 Å². The maximum absolute atomic E-state index is 13.4. The van der Waals surface area contributed by atoms with Gasteiger partial charge in [0.1, 0.15) is 42.2 Å². The summed E-state index contributed by atoms with van der Waals surface area (Å²) in [5.74, 6) is -0.749. The molecule has 4 N–H and O–H groups in total. The standard InChI is InChI=1S/C31H28N6O3.C20H15N3O3.C11H15N3O.CH4.ClH.S2.H2S/c1-19-6-3-9-28(33-19)34-31(40)27-8-5-15-36(27)29(39)18-37-26-13-12-22(16-24(26)30(35-37)20(2)38)23-11-10-21-7-4-14-32-25(21)17-23;1-12(24)20-16-9-14(6-7-18(16)23(22-20)11-19(25)26)15-5-4-13-3-2-8-21-17(13)10-15;1-8-4-2-6-10(13-8)14-11(15)9-5-3-7-12-9;;;1-2;/h3-4,6-7,9-14,16-17,27H,5,8,15,18H2,1-2H3,(H,33,34,40);2-10H,11H2,1H3,(H,25,26);2,4,6,9,12H,3,5,7H2,1H3,(H,13,14,15);1H4;1H;;1H2/t27-;;9-;;;;/m0.0..../s1. The molecule has 2 saturated heterocycles. The number of aryl methyl sites for hydroxylation is 2. The topological polar surface area (TPSA) is 249 Å². The van der Waals surface area contributed by atoms with E-state index in [1.165, 1.54) is 18.5 Å². The summed E-state index contributed by atoms with van der Waals surface area (Å²) in [5.41, 5.74) is 9.17. The summed E-state index contributed by atoms with van der Waals surface area (Å²) in [6.07, 6.45) is 6.80. The molecule has 6 aromatic heterocycles. The monoisotopic (exact) mass is 1230 g/mol. The zero-order chi connectivity index (χ0) is 58.7. The van der Waals surface area contributed by atoms with Crippen molar-refractivity contribution in [3.8, 4) is 22.3 Å². The van der Waals surface area contributed by atoms with Crippen LogP contribution in [0.2, 0.25) is 0 Å². The van der Waals surface area contributed by atoms with Crippen LogP contribution in [0, 0.1) is 13.8 Å². The van der Waals surface area contributed by atoms with Crippen molar-refractivity contribution in [3.63, 3.8) is 0 Å². The molecule has 3 amide bonds. The first-order valence-corrected chi connectivity index (χ1v) is 28.1. The third-order valence-corrected chi connectivity index (χ3v) is 14.1. The molecule has 23 heteroatoms. The van der Waals surface area contributed by atoms with E-state index >= 15 is 0 Å². The van der Waals surface area contributed by atoms with Crippen LogP contribution >= 0.6 is 25.9 Å². The van der Waals surface area contributed by atoms with Crippen LogP contribution in [0.3, 0.4) is 0 Å². The van der Waals surface area contributed by atoms with Crippen molar-refractivity contribution in [2.75, 3.05) is 23.7 Å². The van der Waals surface area contributed by atoms with Gasteiger partial charge in [0.2, 0.25) is 17.7 Å². The van der Waals surface area contributed by atoms with Crippen molar-refractivity contribution in [3.05, 3.63) is 169 Å². The molecule has 2 aliphatic rings. The smallest absolute Gasteiger partial charge is 0.325 e. The largest absolute Gasteiger partial charge is 0.480 e. The first-order valence-electron chi connectivity index (χ1n) is 26.8. The van der Waals surface area contributed by atoms with E-state index in [1.807, 2.05) is 129 Å². The van der Waals surface area contributed by atoms with E-state index in [2.05, 4.69) is 68.5 Å². The molecule has 0 bridgehead atoms. The molecule has 2 aliphatic heterocycles. The summed E-state index contributed by atoms with van der Waals surface area (Å²) in [6.45, 7) is 7.71. The number of pyridine rings is 4. The number of carbonyl (C=O) groups excluding carboxylic acids is 5. The molecule has 4 aromatic carbocycles. The van der Waals surface area contributed by atoms with Crippen LogP contribution in [-0.2, 0) is 54.6 Å². The van der Waals surface area contributed by atoms with Gasteiger partial charge in [-0.1, -0.05) is 68.1 Å². The van der Waals surface area contributed by atoms with Crippen LogP contribution < -0.4 is 16.0 Å².